The van der Waals surface area contributed by atoms with Crippen LogP contribution in [0.25, 0.3) is 0 Å². The second-order valence-corrected chi connectivity index (χ2v) is 5.26. The van der Waals surface area contributed by atoms with Crippen molar-refractivity contribution in [2.45, 2.75) is 25.3 Å². The number of nitrogens with one attached hydrogen (secondary N) is 1. The third kappa shape index (κ3) is 2.61. The van der Waals surface area contributed by atoms with Crippen LogP contribution in [-0.4, -0.2) is 11.1 Å². The third-order valence-electron chi connectivity index (χ3n) is 3.93. The van der Waals surface area contributed by atoms with E-state index < -0.39 is 11.8 Å². The molecule has 1 atom stereocenters. The fourth-order valence-electron chi connectivity index (χ4n) is 2.95. The predicted octanol–water partition coefficient (Wildman–Crippen LogP) is 4.01. The number of aromatic carboxylic acids is 1. The maximum atomic E-state index is 13.7. The maximum Gasteiger partial charge on any atom is 0.340 e. The van der Waals surface area contributed by atoms with Gasteiger partial charge in [-0.15, -0.1) is 0 Å². The minimum atomic E-state index is -1.25. The Bertz CT molecular complexity index is 684. The topological polar surface area (TPSA) is 49.3 Å². The van der Waals surface area contributed by atoms with Gasteiger partial charge in [-0.2, -0.15) is 0 Å². The van der Waals surface area contributed by atoms with Crippen molar-refractivity contribution >= 4 is 11.7 Å². The lowest BCUT2D eigenvalue weighted by atomic mass is 9.87. The molecule has 0 saturated carbocycles. The molecule has 108 valence electrons. The molecule has 1 aliphatic rings. The van der Waals surface area contributed by atoms with Gasteiger partial charge in [-0.25, -0.2) is 9.18 Å². The molecule has 0 aromatic heterocycles. The molecule has 1 unspecified atom stereocenters. The van der Waals surface area contributed by atoms with Crippen molar-refractivity contribution in [3.63, 3.8) is 0 Å². The number of carbonyl (C=O) groups is 1. The smallest absolute Gasteiger partial charge is 0.340 e. The van der Waals surface area contributed by atoms with Gasteiger partial charge in [0.05, 0.1) is 11.7 Å². The van der Waals surface area contributed by atoms with Crippen LogP contribution in [0.3, 0.4) is 0 Å². The fraction of sp³-hybridized carbons (Fsp3) is 0.235. The summed E-state index contributed by atoms with van der Waals surface area (Å²) in [6.07, 6.45) is 2.97. The van der Waals surface area contributed by atoms with Gasteiger partial charge in [0.25, 0.3) is 0 Å². The fourth-order valence-corrected chi connectivity index (χ4v) is 2.95. The monoisotopic (exact) mass is 285 g/mol. The Labute approximate surface area is 122 Å². The van der Waals surface area contributed by atoms with E-state index in [0.717, 1.165) is 19.3 Å². The van der Waals surface area contributed by atoms with Gasteiger partial charge in [0.1, 0.15) is 11.4 Å². The average molecular weight is 285 g/mol. The molecule has 0 amide bonds. The molecule has 4 heteroatoms. The number of anilines is 1. The normalized spacial score (nSPS) is 17.1. The maximum absolute atomic E-state index is 13.7. The van der Waals surface area contributed by atoms with E-state index in [1.54, 1.807) is 6.07 Å². The Kier molecular flexibility index (Phi) is 3.60. The Hall–Kier alpha value is -2.36. The molecule has 21 heavy (non-hydrogen) atoms. The first-order chi connectivity index (χ1) is 10.2. The van der Waals surface area contributed by atoms with Crippen LogP contribution in [0.1, 0.15) is 40.4 Å². The molecule has 0 bridgehead atoms. The van der Waals surface area contributed by atoms with Gasteiger partial charge in [0.2, 0.25) is 0 Å². The summed E-state index contributed by atoms with van der Waals surface area (Å²) < 4.78 is 13.7. The molecule has 0 heterocycles. The lowest BCUT2D eigenvalue weighted by Gasteiger charge is -2.27. The van der Waals surface area contributed by atoms with Crippen molar-refractivity contribution in [2.24, 2.45) is 0 Å². The quantitative estimate of drug-likeness (QED) is 0.895. The second kappa shape index (κ2) is 5.56. The second-order valence-electron chi connectivity index (χ2n) is 5.26. The molecule has 0 aliphatic heterocycles. The minimum absolute atomic E-state index is 0.0230. The zero-order valence-corrected chi connectivity index (χ0v) is 11.5. The van der Waals surface area contributed by atoms with Crippen LogP contribution < -0.4 is 5.32 Å². The molecular formula is C17H16FNO2. The summed E-state index contributed by atoms with van der Waals surface area (Å²) in [5, 5.41) is 12.4. The zero-order chi connectivity index (χ0) is 14.8. The number of hydrogen-bond donors (Lipinski definition) is 2. The van der Waals surface area contributed by atoms with E-state index in [1.807, 2.05) is 18.2 Å². The average Bonchev–Trinajstić information content (AvgIpc) is 2.47. The molecule has 2 aromatic carbocycles. The first-order valence-electron chi connectivity index (χ1n) is 7.03. The Balaban J connectivity index is 1.96. The molecule has 0 spiro atoms. The summed E-state index contributed by atoms with van der Waals surface area (Å²) >= 11 is 0. The first kappa shape index (κ1) is 13.6. The highest BCUT2D eigenvalue weighted by molar-refractivity contribution is 5.94. The first-order valence-corrected chi connectivity index (χ1v) is 7.03. The molecule has 0 fully saturated rings. The predicted molar refractivity (Wildman–Crippen MR) is 79.1 cm³/mol. The van der Waals surface area contributed by atoms with Crippen LogP contribution in [0.2, 0.25) is 0 Å². The number of rotatable bonds is 3. The van der Waals surface area contributed by atoms with Crippen LogP contribution in [0.15, 0.2) is 42.5 Å². The van der Waals surface area contributed by atoms with Crippen molar-refractivity contribution < 1.29 is 14.3 Å². The van der Waals surface area contributed by atoms with E-state index in [9.17, 15) is 14.3 Å². The molecule has 0 saturated heterocycles. The van der Waals surface area contributed by atoms with E-state index in [1.165, 1.54) is 23.3 Å². The highest BCUT2D eigenvalue weighted by Gasteiger charge is 2.22. The largest absolute Gasteiger partial charge is 0.478 e. The summed E-state index contributed by atoms with van der Waals surface area (Å²) in [6, 6.07) is 12.5. The summed E-state index contributed by atoms with van der Waals surface area (Å²) in [7, 11) is 0. The molecule has 3 nitrogen and oxygen atoms in total. The van der Waals surface area contributed by atoms with E-state index in [2.05, 4.69) is 11.4 Å². The Morgan fingerprint density at radius 3 is 2.81 bits per heavy atom. The molecule has 2 N–H and O–H groups in total. The van der Waals surface area contributed by atoms with Crippen LogP contribution in [0.5, 0.6) is 0 Å². The number of hydrogen-bond acceptors (Lipinski definition) is 2. The number of benzene rings is 2. The summed E-state index contributed by atoms with van der Waals surface area (Å²) in [5.41, 5.74) is 2.49. The van der Waals surface area contributed by atoms with E-state index in [4.69, 9.17) is 0 Å². The van der Waals surface area contributed by atoms with E-state index in [-0.39, 0.29) is 11.6 Å². The van der Waals surface area contributed by atoms with Gasteiger partial charge < -0.3 is 10.4 Å². The molecule has 1 aliphatic carbocycles. The van der Waals surface area contributed by atoms with Gasteiger partial charge in [0.15, 0.2) is 0 Å². The third-order valence-corrected chi connectivity index (χ3v) is 3.93. The van der Waals surface area contributed by atoms with Crippen molar-refractivity contribution in [3.05, 3.63) is 65.0 Å². The Morgan fingerprint density at radius 1 is 1.19 bits per heavy atom. The minimum Gasteiger partial charge on any atom is -0.478 e. The summed E-state index contributed by atoms with van der Waals surface area (Å²) in [4.78, 5) is 11.2. The number of carboxylic acid groups (broad SMARTS) is 1. The number of aryl methyl sites for hydroxylation is 1. The number of fused-ring (bicyclic) bond motifs is 1. The van der Waals surface area contributed by atoms with Crippen LogP contribution in [-0.2, 0) is 6.42 Å². The van der Waals surface area contributed by atoms with Crippen molar-refractivity contribution in [1.29, 1.82) is 0 Å². The van der Waals surface area contributed by atoms with Gasteiger partial charge >= 0.3 is 5.97 Å². The van der Waals surface area contributed by atoms with Crippen molar-refractivity contribution in [1.82, 2.24) is 0 Å². The lowest BCUT2D eigenvalue weighted by Crippen LogP contribution is -2.19. The highest BCUT2D eigenvalue weighted by atomic mass is 19.1. The molecule has 0 radical (unpaired) electrons. The highest BCUT2D eigenvalue weighted by Crippen LogP contribution is 2.33. The van der Waals surface area contributed by atoms with Crippen LogP contribution >= 0.6 is 0 Å². The molecular weight excluding hydrogens is 269 g/mol. The van der Waals surface area contributed by atoms with Crippen molar-refractivity contribution in [3.8, 4) is 0 Å². The number of carboxylic acids is 1. The van der Waals surface area contributed by atoms with Crippen molar-refractivity contribution in [2.75, 3.05) is 5.32 Å². The summed E-state index contributed by atoms with van der Waals surface area (Å²) in [6.45, 7) is 0. The van der Waals surface area contributed by atoms with E-state index >= 15 is 0 Å². The SMILES string of the molecule is O=C(O)c1c(F)cccc1NC1CCCc2ccccc21. The molecule has 2 aromatic rings. The standard InChI is InChI=1S/C17H16FNO2/c18-13-8-4-10-15(16(13)17(20)21)19-14-9-3-6-11-5-1-2-7-12(11)14/h1-2,4-5,7-8,10,14,19H,3,6,9H2,(H,20,21). The van der Waals surface area contributed by atoms with Gasteiger partial charge in [0, 0.05) is 0 Å². The Morgan fingerprint density at radius 2 is 2.00 bits per heavy atom. The van der Waals surface area contributed by atoms with Crippen LogP contribution in [0.4, 0.5) is 10.1 Å². The van der Waals surface area contributed by atoms with E-state index in [0.29, 0.717) is 5.69 Å². The van der Waals surface area contributed by atoms with Gasteiger partial charge in [-0.3, -0.25) is 0 Å². The lowest BCUT2D eigenvalue weighted by molar-refractivity contribution is 0.0693. The van der Waals surface area contributed by atoms with Crippen LogP contribution in [0, 0.1) is 5.82 Å². The number of halogens is 1. The van der Waals surface area contributed by atoms with Gasteiger partial charge in [-0.05, 0) is 42.5 Å². The summed E-state index contributed by atoms with van der Waals surface area (Å²) in [5.74, 6) is -1.96. The molecule has 3 rings (SSSR count). The zero-order valence-electron chi connectivity index (χ0n) is 11.5. The van der Waals surface area contributed by atoms with Gasteiger partial charge in [-0.1, -0.05) is 30.3 Å².